The molecule has 0 bridgehead atoms. The standard InChI is InChI=1S/C21H26N4O3/c1-15-12-23-21(24-13-15)28-18-8-10-25(11-9-18)20(26)16-6-7-19(22-14-16)27-17-4-2-3-5-17/h6-7,12-14,17-18H,2-5,8-11H2,1H3. The Hall–Kier alpha value is -2.70. The molecule has 7 nitrogen and oxygen atoms in total. The van der Waals surface area contributed by atoms with Crippen LogP contribution in [0.4, 0.5) is 0 Å². The van der Waals surface area contributed by atoms with Crippen molar-refractivity contribution in [1.82, 2.24) is 19.9 Å². The Bertz CT molecular complexity index is 780. The molecule has 0 spiro atoms. The molecule has 0 atom stereocenters. The van der Waals surface area contributed by atoms with Crippen LogP contribution < -0.4 is 9.47 Å². The third-order valence-corrected chi connectivity index (χ3v) is 5.33. The normalized spacial score (nSPS) is 18.2. The molecule has 148 valence electrons. The molecule has 1 aliphatic heterocycles. The number of piperidine rings is 1. The number of carbonyl (C=O) groups excluding carboxylic acids is 1. The number of nitrogens with zero attached hydrogens (tertiary/aromatic N) is 4. The predicted molar refractivity (Wildman–Crippen MR) is 103 cm³/mol. The number of aryl methyl sites for hydroxylation is 1. The van der Waals surface area contributed by atoms with Gasteiger partial charge in [0.1, 0.15) is 12.2 Å². The lowest BCUT2D eigenvalue weighted by Crippen LogP contribution is -2.42. The number of aromatic nitrogens is 3. The van der Waals surface area contributed by atoms with E-state index in [1.54, 1.807) is 24.7 Å². The van der Waals surface area contributed by atoms with Crippen molar-refractivity contribution in [3.8, 4) is 11.9 Å². The average molecular weight is 382 g/mol. The van der Waals surface area contributed by atoms with Gasteiger partial charge in [0.2, 0.25) is 5.88 Å². The first-order valence-electron chi connectivity index (χ1n) is 10.0. The number of amides is 1. The first-order chi connectivity index (χ1) is 13.7. The zero-order chi connectivity index (χ0) is 19.3. The van der Waals surface area contributed by atoms with Crippen molar-refractivity contribution in [3.63, 3.8) is 0 Å². The van der Waals surface area contributed by atoms with E-state index in [1.807, 2.05) is 17.9 Å². The summed E-state index contributed by atoms with van der Waals surface area (Å²) >= 11 is 0. The molecule has 0 N–H and O–H groups in total. The second-order valence-corrected chi connectivity index (χ2v) is 7.56. The van der Waals surface area contributed by atoms with Gasteiger partial charge in [-0.3, -0.25) is 4.79 Å². The van der Waals surface area contributed by atoms with Crippen LogP contribution in [0, 0.1) is 6.92 Å². The van der Waals surface area contributed by atoms with Crippen LogP contribution in [-0.2, 0) is 0 Å². The van der Waals surface area contributed by atoms with Gasteiger partial charge < -0.3 is 14.4 Å². The Balaban J connectivity index is 1.28. The lowest BCUT2D eigenvalue weighted by atomic mass is 10.1. The molecule has 2 aromatic heterocycles. The molecular formula is C21H26N4O3. The number of likely N-dealkylation sites (tertiary alicyclic amines) is 1. The van der Waals surface area contributed by atoms with Crippen LogP contribution in [0.15, 0.2) is 30.7 Å². The minimum Gasteiger partial charge on any atom is -0.474 e. The number of rotatable bonds is 5. The van der Waals surface area contributed by atoms with Gasteiger partial charge in [-0.1, -0.05) is 0 Å². The van der Waals surface area contributed by atoms with Crippen LogP contribution in [0.1, 0.15) is 54.4 Å². The molecule has 2 aromatic rings. The van der Waals surface area contributed by atoms with Crippen molar-refractivity contribution in [3.05, 3.63) is 41.9 Å². The van der Waals surface area contributed by atoms with Crippen molar-refractivity contribution >= 4 is 5.91 Å². The van der Waals surface area contributed by atoms with E-state index in [0.29, 0.717) is 30.5 Å². The van der Waals surface area contributed by atoms with E-state index in [1.165, 1.54) is 12.8 Å². The number of carbonyl (C=O) groups is 1. The van der Waals surface area contributed by atoms with Gasteiger partial charge in [0.15, 0.2) is 0 Å². The van der Waals surface area contributed by atoms with E-state index < -0.39 is 0 Å². The first kappa shape index (κ1) is 18.7. The Kier molecular flexibility index (Phi) is 5.69. The Morgan fingerprint density at radius 1 is 0.929 bits per heavy atom. The molecule has 2 fully saturated rings. The van der Waals surface area contributed by atoms with Gasteiger partial charge in [-0.2, -0.15) is 0 Å². The maximum atomic E-state index is 12.7. The molecular weight excluding hydrogens is 356 g/mol. The molecule has 0 radical (unpaired) electrons. The van der Waals surface area contributed by atoms with E-state index >= 15 is 0 Å². The first-order valence-corrected chi connectivity index (χ1v) is 10.0. The van der Waals surface area contributed by atoms with Gasteiger partial charge >= 0.3 is 6.01 Å². The van der Waals surface area contributed by atoms with E-state index in [4.69, 9.17) is 9.47 Å². The minimum absolute atomic E-state index is 0.00459. The SMILES string of the molecule is Cc1cnc(OC2CCN(C(=O)c3ccc(OC4CCCC4)nc3)CC2)nc1. The fourth-order valence-corrected chi connectivity index (χ4v) is 3.70. The molecule has 3 heterocycles. The maximum absolute atomic E-state index is 12.7. The van der Waals surface area contributed by atoms with Gasteiger partial charge in [-0.05, 0) is 44.2 Å². The second-order valence-electron chi connectivity index (χ2n) is 7.56. The van der Waals surface area contributed by atoms with Crippen LogP contribution >= 0.6 is 0 Å². The zero-order valence-electron chi connectivity index (χ0n) is 16.2. The summed E-state index contributed by atoms with van der Waals surface area (Å²) in [6.07, 6.45) is 11.6. The van der Waals surface area contributed by atoms with E-state index in [0.717, 1.165) is 31.2 Å². The highest BCUT2D eigenvalue weighted by atomic mass is 16.5. The van der Waals surface area contributed by atoms with E-state index in [-0.39, 0.29) is 18.1 Å². The van der Waals surface area contributed by atoms with Crippen molar-refractivity contribution < 1.29 is 14.3 Å². The number of ether oxygens (including phenoxy) is 2. The Morgan fingerprint density at radius 3 is 2.25 bits per heavy atom. The molecule has 4 rings (SSSR count). The molecule has 1 saturated carbocycles. The summed E-state index contributed by atoms with van der Waals surface area (Å²) in [5.41, 5.74) is 1.60. The summed E-state index contributed by atoms with van der Waals surface area (Å²) in [5, 5.41) is 0. The highest BCUT2D eigenvalue weighted by Gasteiger charge is 2.25. The van der Waals surface area contributed by atoms with Gasteiger partial charge in [0.25, 0.3) is 5.91 Å². The number of hydrogen-bond donors (Lipinski definition) is 0. The third kappa shape index (κ3) is 4.58. The molecule has 0 aromatic carbocycles. The molecule has 2 aliphatic rings. The van der Waals surface area contributed by atoms with Gasteiger partial charge in [-0.25, -0.2) is 15.0 Å². The monoisotopic (exact) mass is 382 g/mol. The molecule has 1 amide bonds. The van der Waals surface area contributed by atoms with Crippen molar-refractivity contribution in [2.24, 2.45) is 0 Å². The summed E-state index contributed by atoms with van der Waals surface area (Å²) in [6, 6.07) is 4.01. The lowest BCUT2D eigenvalue weighted by Gasteiger charge is -2.31. The quantitative estimate of drug-likeness (QED) is 0.790. The van der Waals surface area contributed by atoms with Crippen LogP contribution in [0.5, 0.6) is 11.9 Å². The summed E-state index contributed by atoms with van der Waals surface area (Å²) in [5.74, 6) is 0.610. The predicted octanol–water partition coefficient (Wildman–Crippen LogP) is 3.19. The van der Waals surface area contributed by atoms with E-state index in [9.17, 15) is 4.79 Å². The molecule has 1 saturated heterocycles. The van der Waals surface area contributed by atoms with Gasteiger partial charge in [-0.15, -0.1) is 0 Å². The molecule has 0 unspecified atom stereocenters. The summed E-state index contributed by atoms with van der Waals surface area (Å²) < 4.78 is 11.7. The lowest BCUT2D eigenvalue weighted by molar-refractivity contribution is 0.0578. The van der Waals surface area contributed by atoms with Crippen LogP contribution in [-0.4, -0.2) is 51.1 Å². The van der Waals surface area contributed by atoms with E-state index in [2.05, 4.69) is 15.0 Å². The van der Waals surface area contributed by atoms with Crippen molar-refractivity contribution in [2.45, 2.75) is 57.7 Å². The molecule has 1 aliphatic carbocycles. The highest BCUT2D eigenvalue weighted by Crippen LogP contribution is 2.23. The van der Waals surface area contributed by atoms with Crippen LogP contribution in [0.2, 0.25) is 0 Å². The molecule has 28 heavy (non-hydrogen) atoms. The largest absolute Gasteiger partial charge is 0.474 e. The van der Waals surface area contributed by atoms with Gasteiger partial charge in [0, 0.05) is 50.6 Å². The Morgan fingerprint density at radius 2 is 1.61 bits per heavy atom. The number of hydrogen-bond acceptors (Lipinski definition) is 6. The van der Waals surface area contributed by atoms with Crippen molar-refractivity contribution in [2.75, 3.05) is 13.1 Å². The topological polar surface area (TPSA) is 77.4 Å². The summed E-state index contributed by atoms with van der Waals surface area (Å²) in [7, 11) is 0. The Labute approximate surface area is 165 Å². The fourth-order valence-electron chi connectivity index (χ4n) is 3.70. The zero-order valence-corrected chi connectivity index (χ0v) is 16.2. The fraction of sp³-hybridized carbons (Fsp3) is 0.524. The van der Waals surface area contributed by atoms with Crippen molar-refractivity contribution in [1.29, 1.82) is 0 Å². The average Bonchev–Trinajstić information content (AvgIpc) is 3.23. The molecule has 7 heteroatoms. The van der Waals surface area contributed by atoms with Gasteiger partial charge in [0.05, 0.1) is 5.56 Å². The maximum Gasteiger partial charge on any atom is 0.316 e. The smallest absolute Gasteiger partial charge is 0.316 e. The number of pyridine rings is 1. The van der Waals surface area contributed by atoms with Crippen LogP contribution in [0.25, 0.3) is 0 Å². The van der Waals surface area contributed by atoms with Crippen LogP contribution in [0.3, 0.4) is 0 Å². The summed E-state index contributed by atoms with van der Waals surface area (Å²) in [4.78, 5) is 27.3. The second kappa shape index (κ2) is 8.54. The minimum atomic E-state index is 0.00459. The summed E-state index contributed by atoms with van der Waals surface area (Å²) in [6.45, 7) is 3.24. The highest BCUT2D eigenvalue weighted by molar-refractivity contribution is 5.94. The third-order valence-electron chi connectivity index (χ3n) is 5.33.